The molecular formula is C47H47N3O4. The second kappa shape index (κ2) is 18.5. The summed E-state index contributed by atoms with van der Waals surface area (Å²) in [5.74, 6) is 0. The minimum atomic E-state index is -0.555. The average Bonchev–Trinajstić information content (AvgIpc) is 3.23. The summed E-state index contributed by atoms with van der Waals surface area (Å²) in [6.07, 6.45) is -0.114. The maximum absolute atomic E-state index is 12.5. The molecule has 274 valence electrons. The predicted molar refractivity (Wildman–Crippen MR) is 213 cm³/mol. The lowest BCUT2D eigenvalue weighted by Gasteiger charge is -2.38. The molecule has 3 N–H and O–H groups in total. The highest BCUT2D eigenvalue weighted by atomic mass is 16.7. The van der Waals surface area contributed by atoms with Crippen molar-refractivity contribution in [1.29, 1.82) is 0 Å². The molecule has 1 aliphatic heterocycles. The summed E-state index contributed by atoms with van der Waals surface area (Å²) in [5.41, 5.74) is 9.60. The third-order valence-electron chi connectivity index (χ3n) is 9.77. The molecule has 7 nitrogen and oxygen atoms in total. The first-order valence-corrected chi connectivity index (χ1v) is 18.6. The van der Waals surface area contributed by atoms with Gasteiger partial charge in [-0.25, -0.2) is 4.79 Å². The topological polar surface area (TPSA) is 83.1 Å². The molecule has 0 saturated carbocycles. The Hall–Kier alpha value is -5.57. The van der Waals surface area contributed by atoms with Crippen LogP contribution in [0.15, 0.2) is 164 Å². The van der Waals surface area contributed by atoms with Gasteiger partial charge in [-0.15, -0.1) is 0 Å². The standard InChI is InChI=1S/C47H47N3O4/c51-34-38-19-21-41(22-20-38)45-28-44(33-50(31-36-13-6-2-7-14-36)32-37-15-8-3-9-16-37)53-46(54-45)42-25-23-40(24-26-42)43-18-10-17-39(27-43)30-49-47(52)48-29-35-11-4-1-5-12-35/h1-27,44-46,51H,28-34H2,(H2,48,49,52)/t44-,45+,46+/m1/s1. The summed E-state index contributed by atoms with van der Waals surface area (Å²) in [4.78, 5) is 14.9. The lowest BCUT2D eigenvalue weighted by atomic mass is 9.98. The molecule has 54 heavy (non-hydrogen) atoms. The fourth-order valence-corrected chi connectivity index (χ4v) is 6.91. The SMILES string of the molecule is O=C(NCc1ccccc1)NCc1cccc(-c2ccc([C@H]3O[C@@H](CN(Cc4ccccc4)Cc4ccccc4)C[C@@H](c4ccc(CO)cc4)O3)cc2)c1. The number of aliphatic hydroxyl groups excluding tert-OH is 1. The van der Waals surface area contributed by atoms with E-state index < -0.39 is 6.29 Å². The molecule has 1 heterocycles. The van der Waals surface area contributed by atoms with E-state index in [4.69, 9.17) is 9.47 Å². The first-order chi connectivity index (χ1) is 26.6. The molecule has 2 amide bonds. The molecule has 1 fully saturated rings. The van der Waals surface area contributed by atoms with Crippen molar-refractivity contribution in [3.05, 3.63) is 203 Å². The molecule has 6 aromatic rings. The monoisotopic (exact) mass is 717 g/mol. The minimum absolute atomic E-state index is 0.00392. The largest absolute Gasteiger partial charge is 0.392 e. The number of urea groups is 1. The first kappa shape index (κ1) is 36.8. The van der Waals surface area contributed by atoms with Crippen molar-refractivity contribution in [3.8, 4) is 11.1 Å². The Morgan fingerprint density at radius 3 is 1.74 bits per heavy atom. The van der Waals surface area contributed by atoms with Gasteiger partial charge in [-0.3, -0.25) is 4.90 Å². The van der Waals surface area contributed by atoms with E-state index in [1.54, 1.807) is 0 Å². The van der Waals surface area contributed by atoms with Crippen molar-refractivity contribution >= 4 is 6.03 Å². The van der Waals surface area contributed by atoms with Crippen molar-refractivity contribution in [2.24, 2.45) is 0 Å². The van der Waals surface area contributed by atoms with Crippen LogP contribution in [0.2, 0.25) is 0 Å². The Bertz CT molecular complexity index is 2000. The van der Waals surface area contributed by atoms with E-state index >= 15 is 0 Å². The van der Waals surface area contributed by atoms with Gasteiger partial charge >= 0.3 is 6.03 Å². The normalized spacial score (nSPS) is 16.9. The number of hydrogen-bond acceptors (Lipinski definition) is 5. The molecule has 0 aliphatic carbocycles. The van der Waals surface area contributed by atoms with E-state index in [0.717, 1.165) is 58.6 Å². The van der Waals surface area contributed by atoms with Gasteiger partial charge in [-0.1, -0.05) is 158 Å². The maximum Gasteiger partial charge on any atom is 0.315 e. The van der Waals surface area contributed by atoms with Crippen LogP contribution >= 0.6 is 0 Å². The lowest BCUT2D eigenvalue weighted by molar-refractivity contribution is -0.253. The molecule has 1 saturated heterocycles. The van der Waals surface area contributed by atoms with E-state index in [-0.39, 0.29) is 24.8 Å². The molecule has 0 spiro atoms. The summed E-state index contributed by atoms with van der Waals surface area (Å²) in [5, 5.41) is 15.6. The number of amides is 2. The average molecular weight is 718 g/mol. The Morgan fingerprint density at radius 1 is 0.574 bits per heavy atom. The van der Waals surface area contributed by atoms with Crippen molar-refractivity contribution in [2.45, 2.75) is 57.7 Å². The predicted octanol–water partition coefficient (Wildman–Crippen LogP) is 9.09. The number of nitrogens with zero attached hydrogens (tertiary/aromatic N) is 1. The van der Waals surface area contributed by atoms with Gasteiger partial charge in [0.05, 0.1) is 18.8 Å². The van der Waals surface area contributed by atoms with Crippen molar-refractivity contribution in [2.75, 3.05) is 6.54 Å². The van der Waals surface area contributed by atoms with E-state index in [1.165, 1.54) is 11.1 Å². The van der Waals surface area contributed by atoms with Gasteiger partial charge in [0.25, 0.3) is 0 Å². The Balaban J connectivity index is 1.05. The molecule has 7 heteroatoms. The summed E-state index contributed by atoms with van der Waals surface area (Å²) in [6, 6.07) is 55.5. The van der Waals surface area contributed by atoms with Crippen LogP contribution in [0.3, 0.4) is 0 Å². The van der Waals surface area contributed by atoms with E-state index in [2.05, 4.69) is 125 Å². The van der Waals surface area contributed by atoms with Crippen LogP contribution in [0.5, 0.6) is 0 Å². The van der Waals surface area contributed by atoms with Gasteiger partial charge in [0.2, 0.25) is 0 Å². The van der Waals surface area contributed by atoms with Crippen LogP contribution in [-0.2, 0) is 42.3 Å². The lowest BCUT2D eigenvalue weighted by Crippen LogP contribution is -2.39. The maximum atomic E-state index is 12.5. The van der Waals surface area contributed by atoms with E-state index in [1.807, 2.05) is 54.6 Å². The Labute approximate surface area is 318 Å². The van der Waals surface area contributed by atoms with Gasteiger partial charge in [-0.2, -0.15) is 0 Å². The number of carbonyl (C=O) groups is 1. The fourth-order valence-electron chi connectivity index (χ4n) is 6.91. The summed E-state index contributed by atoms with van der Waals surface area (Å²) in [7, 11) is 0. The minimum Gasteiger partial charge on any atom is -0.392 e. The number of aliphatic hydroxyl groups is 1. The van der Waals surface area contributed by atoms with Crippen LogP contribution in [-0.4, -0.2) is 28.7 Å². The van der Waals surface area contributed by atoms with E-state index in [9.17, 15) is 9.90 Å². The van der Waals surface area contributed by atoms with Gasteiger partial charge < -0.3 is 25.2 Å². The Morgan fingerprint density at radius 2 is 1.13 bits per heavy atom. The molecule has 0 radical (unpaired) electrons. The van der Waals surface area contributed by atoms with Crippen LogP contribution < -0.4 is 10.6 Å². The van der Waals surface area contributed by atoms with Gasteiger partial charge in [0.15, 0.2) is 6.29 Å². The quantitative estimate of drug-likeness (QED) is 0.105. The van der Waals surface area contributed by atoms with Crippen LogP contribution in [0, 0.1) is 0 Å². The number of hydrogen-bond donors (Lipinski definition) is 3. The molecule has 6 aromatic carbocycles. The second-order valence-corrected chi connectivity index (χ2v) is 13.8. The van der Waals surface area contributed by atoms with Gasteiger partial charge in [0.1, 0.15) is 0 Å². The van der Waals surface area contributed by atoms with Crippen molar-refractivity contribution < 1.29 is 19.4 Å². The molecular weight excluding hydrogens is 671 g/mol. The smallest absolute Gasteiger partial charge is 0.315 e. The highest BCUT2D eigenvalue weighted by Gasteiger charge is 2.33. The molecule has 0 bridgehead atoms. The number of rotatable bonds is 14. The first-order valence-electron chi connectivity index (χ1n) is 18.6. The van der Waals surface area contributed by atoms with Crippen LogP contribution in [0.4, 0.5) is 4.79 Å². The zero-order valence-electron chi connectivity index (χ0n) is 30.4. The second-order valence-electron chi connectivity index (χ2n) is 13.8. The summed E-state index contributed by atoms with van der Waals surface area (Å²) < 4.78 is 13.5. The Kier molecular flexibility index (Phi) is 12.6. The third kappa shape index (κ3) is 10.3. The number of benzene rings is 6. The molecule has 7 rings (SSSR count). The molecule has 3 atom stereocenters. The van der Waals surface area contributed by atoms with Gasteiger partial charge in [0, 0.05) is 44.7 Å². The molecule has 0 aromatic heterocycles. The van der Waals surface area contributed by atoms with Crippen LogP contribution in [0.25, 0.3) is 11.1 Å². The zero-order chi connectivity index (χ0) is 37.0. The third-order valence-corrected chi connectivity index (χ3v) is 9.77. The highest BCUT2D eigenvalue weighted by molar-refractivity contribution is 5.74. The number of ether oxygens (including phenoxy) is 2. The highest BCUT2D eigenvalue weighted by Crippen LogP contribution is 2.39. The molecule has 0 unspecified atom stereocenters. The summed E-state index contributed by atoms with van der Waals surface area (Å²) in [6.45, 7) is 3.24. The fraction of sp³-hybridized carbons (Fsp3) is 0.213. The van der Waals surface area contributed by atoms with Gasteiger partial charge in [-0.05, 0) is 50.6 Å². The van der Waals surface area contributed by atoms with Crippen molar-refractivity contribution in [1.82, 2.24) is 15.5 Å². The summed E-state index contributed by atoms with van der Waals surface area (Å²) >= 11 is 0. The van der Waals surface area contributed by atoms with Crippen LogP contribution in [0.1, 0.15) is 57.8 Å². The number of carbonyl (C=O) groups excluding carboxylic acids is 1. The van der Waals surface area contributed by atoms with Crippen molar-refractivity contribution in [3.63, 3.8) is 0 Å². The number of nitrogens with one attached hydrogen (secondary N) is 2. The molecule has 1 aliphatic rings. The zero-order valence-corrected chi connectivity index (χ0v) is 30.4. The van der Waals surface area contributed by atoms with E-state index in [0.29, 0.717) is 19.5 Å².